The highest BCUT2D eigenvalue weighted by atomic mass is 16.4. The molecule has 0 aliphatic rings. The average Bonchev–Trinajstić information content (AvgIpc) is 2.39. The molecule has 2 aromatic rings. The van der Waals surface area contributed by atoms with Crippen molar-refractivity contribution in [1.82, 2.24) is 4.57 Å². The van der Waals surface area contributed by atoms with Gasteiger partial charge in [-0.2, -0.15) is 0 Å². The highest BCUT2D eigenvalue weighted by Crippen LogP contribution is 2.03. The molecule has 4 nitrogen and oxygen atoms in total. The van der Waals surface area contributed by atoms with Gasteiger partial charge in [0.2, 0.25) is 0 Å². The molecule has 5 heteroatoms. The molecule has 1 heterocycles. The fraction of sp³-hybridized carbons (Fsp3) is 0.0769. The van der Waals surface area contributed by atoms with Crippen LogP contribution in [0.3, 0.4) is 0 Å². The van der Waals surface area contributed by atoms with E-state index in [0.29, 0.717) is 13.0 Å². The third kappa shape index (κ3) is 2.20. The van der Waals surface area contributed by atoms with Gasteiger partial charge in [-0.15, -0.1) is 0 Å². The summed E-state index contributed by atoms with van der Waals surface area (Å²) in [7, 11) is 0.674. The molecular formula is C13H12BNO3. The Morgan fingerprint density at radius 3 is 2.50 bits per heavy atom. The van der Waals surface area contributed by atoms with Crippen LogP contribution in [0.4, 0.5) is 0 Å². The van der Waals surface area contributed by atoms with E-state index >= 15 is 0 Å². The Hall–Kier alpha value is -2.30. The number of pyridine rings is 1. The van der Waals surface area contributed by atoms with Crippen LogP contribution in [0.2, 0.25) is 6.82 Å². The number of para-hydroxylation sites is 1. The minimum Gasteiger partial charge on any atom is -0.477 e. The van der Waals surface area contributed by atoms with Crippen LogP contribution in [0.15, 0.2) is 47.4 Å². The number of benzene rings is 1. The number of nitrogens with zero attached hydrogens (tertiary/aromatic N) is 1. The molecule has 90 valence electrons. The summed E-state index contributed by atoms with van der Waals surface area (Å²) in [6.45, 7) is 1.92. The summed E-state index contributed by atoms with van der Waals surface area (Å²) in [6.07, 6.45) is 1.68. The SMILES string of the molecule is CBc1cc(C(=O)O)c(=O)n(-c2ccccc2)c1. The molecule has 0 bridgehead atoms. The van der Waals surface area contributed by atoms with Crippen molar-refractivity contribution in [2.45, 2.75) is 6.82 Å². The quantitative estimate of drug-likeness (QED) is 0.802. The van der Waals surface area contributed by atoms with E-state index in [1.165, 1.54) is 10.6 Å². The number of carbonyl (C=O) groups is 1. The molecule has 0 spiro atoms. The second kappa shape index (κ2) is 4.92. The third-order valence-corrected chi connectivity index (χ3v) is 2.75. The van der Waals surface area contributed by atoms with Crippen LogP contribution in [0, 0.1) is 0 Å². The predicted octanol–water partition coefficient (Wildman–Crippen LogP) is 0.646. The Morgan fingerprint density at radius 2 is 1.94 bits per heavy atom. The molecule has 0 fully saturated rings. The highest BCUT2D eigenvalue weighted by Gasteiger charge is 2.13. The van der Waals surface area contributed by atoms with E-state index in [-0.39, 0.29) is 5.56 Å². The highest BCUT2D eigenvalue weighted by molar-refractivity contribution is 6.51. The number of carboxylic acid groups (broad SMARTS) is 1. The van der Waals surface area contributed by atoms with Crippen LogP contribution in [0.1, 0.15) is 10.4 Å². The molecule has 0 unspecified atom stereocenters. The number of aromatic nitrogens is 1. The average molecular weight is 241 g/mol. The zero-order chi connectivity index (χ0) is 13.1. The Balaban J connectivity index is 2.71. The first-order valence-corrected chi connectivity index (χ1v) is 5.67. The molecule has 0 radical (unpaired) electrons. The number of rotatable bonds is 3. The van der Waals surface area contributed by atoms with Gasteiger partial charge in [-0.25, -0.2) is 4.79 Å². The smallest absolute Gasteiger partial charge is 0.341 e. The Bertz CT molecular complexity index is 634. The molecule has 1 aromatic carbocycles. The van der Waals surface area contributed by atoms with Crippen molar-refractivity contribution in [2.75, 3.05) is 0 Å². The lowest BCUT2D eigenvalue weighted by atomic mass is 9.74. The van der Waals surface area contributed by atoms with E-state index in [4.69, 9.17) is 5.11 Å². The van der Waals surface area contributed by atoms with Gasteiger partial charge < -0.3 is 5.11 Å². The van der Waals surface area contributed by atoms with Crippen LogP contribution >= 0.6 is 0 Å². The van der Waals surface area contributed by atoms with Gasteiger partial charge in [-0.3, -0.25) is 9.36 Å². The molecule has 0 aliphatic carbocycles. The van der Waals surface area contributed by atoms with E-state index in [0.717, 1.165) is 5.46 Å². The van der Waals surface area contributed by atoms with E-state index in [9.17, 15) is 9.59 Å². The van der Waals surface area contributed by atoms with Gasteiger partial charge >= 0.3 is 5.97 Å². The maximum Gasteiger partial charge on any atom is 0.341 e. The van der Waals surface area contributed by atoms with Crippen molar-refractivity contribution in [2.24, 2.45) is 0 Å². The lowest BCUT2D eigenvalue weighted by Gasteiger charge is -2.09. The van der Waals surface area contributed by atoms with Gasteiger partial charge in [0.05, 0.1) is 0 Å². The van der Waals surface area contributed by atoms with Gasteiger partial charge in [0.25, 0.3) is 5.56 Å². The summed E-state index contributed by atoms with van der Waals surface area (Å²) in [4.78, 5) is 23.1. The molecule has 1 aromatic heterocycles. The minimum absolute atomic E-state index is 0.196. The van der Waals surface area contributed by atoms with Crippen molar-refractivity contribution < 1.29 is 9.90 Å². The van der Waals surface area contributed by atoms with Gasteiger partial charge in [0.15, 0.2) is 7.28 Å². The Labute approximate surface area is 105 Å². The van der Waals surface area contributed by atoms with Crippen LogP contribution in [-0.2, 0) is 0 Å². The monoisotopic (exact) mass is 241 g/mol. The molecule has 18 heavy (non-hydrogen) atoms. The number of hydrogen-bond acceptors (Lipinski definition) is 2. The summed E-state index contributed by atoms with van der Waals surface area (Å²) >= 11 is 0. The van der Waals surface area contributed by atoms with Crippen LogP contribution in [0.25, 0.3) is 5.69 Å². The molecular weight excluding hydrogens is 229 g/mol. The zero-order valence-electron chi connectivity index (χ0n) is 9.96. The fourth-order valence-electron chi connectivity index (χ4n) is 1.77. The van der Waals surface area contributed by atoms with E-state index in [1.54, 1.807) is 30.5 Å². The van der Waals surface area contributed by atoms with Crippen molar-refractivity contribution in [3.63, 3.8) is 0 Å². The molecule has 0 amide bonds. The second-order valence-corrected chi connectivity index (χ2v) is 3.93. The van der Waals surface area contributed by atoms with Gasteiger partial charge in [-0.1, -0.05) is 30.5 Å². The summed E-state index contributed by atoms with van der Waals surface area (Å²) in [5.74, 6) is -1.19. The number of carboxylic acids is 1. The van der Waals surface area contributed by atoms with Crippen LogP contribution in [-0.4, -0.2) is 22.9 Å². The van der Waals surface area contributed by atoms with E-state index < -0.39 is 11.5 Å². The molecule has 0 saturated carbocycles. The van der Waals surface area contributed by atoms with Crippen molar-refractivity contribution >= 4 is 18.7 Å². The second-order valence-electron chi connectivity index (χ2n) is 3.93. The molecule has 0 aliphatic heterocycles. The molecule has 2 rings (SSSR count). The lowest BCUT2D eigenvalue weighted by molar-refractivity contribution is 0.0694. The topological polar surface area (TPSA) is 59.3 Å². The summed E-state index contributed by atoms with van der Waals surface area (Å²) in [5.41, 5.74) is 0.778. The maximum atomic E-state index is 12.1. The van der Waals surface area contributed by atoms with Gasteiger partial charge in [0, 0.05) is 11.9 Å². The first-order chi connectivity index (χ1) is 8.63. The zero-order valence-corrected chi connectivity index (χ0v) is 9.96. The first-order valence-electron chi connectivity index (χ1n) is 5.67. The van der Waals surface area contributed by atoms with Gasteiger partial charge in [-0.05, 0) is 18.2 Å². The van der Waals surface area contributed by atoms with E-state index in [1.807, 2.05) is 12.9 Å². The maximum absolute atomic E-state index is 12.1. The summed E-state index contributed by atoms with van der Waals surface area (Å²) in [5, 5.41) is 9.04. The standard InChI is InChI=1S/C13H12BNO3/c1-14-9-7-11(13(17)18)12(16)15(8-9)10-5-3-2-4-6-10/h2-8,14H,1H3,(H,17,18). The largest absolute Gasteiger partial charge is 0.477 e. The summed E-state index contributed by atoms with van der Waals surface area (Å²) in [6, 6.07) is 10.4. The Morgan fingerprint density at radius 1 is 1.28 bits per heavy atom. The first kappa shape index (κ1) is 12.2. The fourth-order valence-corrected chi connectivity index (χ4v) is 1.77. The summed E-state index contributed by atoms with van der Waals surface area (Å²) < 4.78 is 1.38. The molecule has 1 N–H and O–H groups in total. The lowest BCUT2D eigenvalue weighted by Crippen LogP contribution is -2.30. The predicted molar refractivity (Wildman–Crippen MR) is 71.6 cm³/mol. The molecule has 0 atom stereocenters. The normalized spacial score (nSPS) is 10.1. The van der Waals surface area contributed by atoms with E-state index in [2.05, 4.69) is 0 Å². The molecule has 0 saturated heterocycles. The van der Waals surface area contributed by atoms with Crippen molar-refractivity contribution in [3.8, 4) is 5.69 Å². The van der Waals surface area contributed by atoms with Crippen LogP contribution < -0.4 is 11.0 Å². The third-order valence-electron chi connectivity index (χ3n) is 2.75. The minimum atomic E-state index is -1.19. The van der Waals surface area contributed by atoms with Gasteiger partial charge in [0.1, 0.15) is 5.56 Å². The number of aromatic carboxylic acids is 1. The van der Waals surface area contributed by atoms with Crippen LogP contribution in [0.5, 0.6) is 0 Å². The van der Waals surface area contributed by atoms with Crippen molar-refractivity contribution in [3.05, 3.63) is 58.5 Å². The Kier molecular flexibility index (Phi) is 3.32. The van der Waals surface area contributed by atoms with Crippen molar-refractivity contribution in [1.29, 1.82) is 0 Å². The number of hydrogen-bond donors (Lipinski definition) is 1.